The molecule has 7 nitrogen and oxygen atoms in total. The number of rotatable bonds is 6. The molecule has 28 heavy (non-hydrogen) atoms. The van der Waals surface area contributed by atoms with Gasteiger partial charge in [-0.2, -0.15) is 5.10 Å². The number of aryl methyl sites for hydroxylation is 1. The van der Waals surface area contributed by atoms with Crippen LogP contribution in [0.4, 0.5) is 0 Å². The van der Waals surface area contributed by atoms with E-state index in [9.17, 15) is 0 Å². The van der Waals surface area contributed by atoms with E-state index in [1.165, 1.54) is 51.1 Å². The Morgan fingerprint density at radius 3 is 2.68 bits per heavy atom. The van der Waals surface area contributed by atoms with Gasteiger partial charge in [-0.1, -0.05) is 6.92 Å². The molecule has 7 heteroatoms. The second-order valence-corrected chi connectivity index (χ2v) is 8.21. The molecular formula is C21H33N7. The predicted molar refractivity (Wildman–Crippen MR) is 110 cm³/mol. The van der Waals surface area contributed by atoms with Crippen molar-refractivity contribution in [2.24, 2.45) is 0 Å². The summed E-state index contributed by atoms with van der Waals surface area (Å²) < 4.78 is 2.25. The van der Waals surface area contributed by atoms with Gasteiger partial charge in [-0.15, -0.1) is 0 Å². The Hall–Kier alpha value is -1.83. The summed E-state index contributed by atoms with van der Waals surface area (Å²) in [7, 11) is 2.13. The average molecular weight is 384 g/mol. The standard InChI is InChI=1S/C21H33N7/c1-3-26-11-6-20(7-12-26)27-9-4-10-28-21(16-27)13-19(24-28)15-25(2)14-18-5-8-22-17-23-18/h5,8,13,17,20H,3-4,6-7,9-12,14-16H2,1-2H3. The van der Waals surface area contributed by atoms with Crippen LogP contribution in [0.3, 0.4) is 0 Å². The van der Waals surface area contributed by atoms with E-state index >= 15 is 0 Å². The number of hydrogen-bond donors (Lipinski definition) is 0. The number of fused-ring (bicyclic) bond motifs is 1. The fraction of sp³-hybridized carbons (Fsp3) is 0.667. The largest absolute Gasteiger partial charge is 0.303 e. The first-order valence-corrected chi connectivity index (χ1v) is 10.7. The van der Waals surface area contributed by atoms with Crippen LogP contribution in [0, 0.1) is 0 Å². The van der Waals surface area contributed by atoms with E-state index in [0.29, 0.717) is 0 Å². The molecule has 2 aromatic heterocycles. The lowest BCUT2D eigenvalue weighted by atomic mass is 10.0. The fourth-order valence-electron chi connectivity index (χ4n) is 4.56. The van der Waals surface area contributed by atoms with Gasteiger partial charge in [0.25, 0.3) is 0 Å². The van der Waals surface area contributed by atoms with Gasteiger partial charge in [-0.3, -0.25) is 14.5 Å². The quantitative estimate of drug-likeness (QED) is 0.760. The van der Waals surface area contributed by atoms with Crippen molar-refractivity contribution in [2.75, 3.05) is 33.2 Å². The summed E-state index contributed by atoms with van der Waals surface area (Å²) in [5, 5.41) is 4.90. The van der Waals surface area contributed by atoms with Crippen molar-refractivity contribution in [3.63, 3.8) is 0 Å². The Morgan fingerprint density at radius 1 is 1.11 bits per heavy atom. The van der Waals surface area contributed by atoms with Crippen LogP contribution < -0.4 is 0 Å². The van der Waals surface area contributed by atoms with Gasteiger partial charge in [0, 0.05) is 45.0 Å². The second kappa shape index (κ2) is 9.11. The van der Waals surface area contributed by atoms with Crippen LogP contribution in [0.5, 0.6) is 0 Å². The highest BCUT2D eigenvalue weighted by molar-refractivity contribution is 5.12. The molecule has 1 saturated heterocycles. The van der Waals surface area contributed by atoms with E-state index in [-0.39, 0.29) is 0 Å². The minimum absolute atomic E-state index is 0.730. The van der Waals surface area contributed by atoms with Crippen molar-refractivity contribution >= 4 is 0 Å². The van der Waals surface area contributed by atoms with Gasteiger partial charge in [0.15, 0.2) is 0 Å². The fourth-order valence-corrected chi connectivity index (χ4v) is 4.56. The molecule has 0 spiro atoms. The molecular weight excluding hydrogens is 350 g/mol. The summed E-state index contributed by atoms with van der Waals surface area (Å²) in [5.74, 6) is 0. The Balaban J connectivity index is 1.36. The van der Waals surface area contributed by atoms with Crippen molar-refractivity contribution in [3.8, 4) is 0 Å². The molecule has 4 rings (SSSR count). The van der Waals surface area contributed by atoms with Crippen molar-refractivity contribution in [1.29, 1.82) is 0 Å². The average Bonchev–Trinajstić information content (AvgIpc) is 2.97. The van der Waals surface area contributed by atoms with E-state index in [4.69, 9.17) is 5.10 Å². The molecule has 0 unspecified atom stereocenters. The summed E-state index contributed by atoms with van der Waals surface area (Å²) in [5.41, 5.74) is 3.58. The van der Waals surface area contributed by atoms with Gasteiger partial charge >= 0.3 is 0 Å². The summed E-state index contributed by atoms with van der Waals surface area (Å²) >= 11 is 0. The highest BCUT2D eigenvalue weighted by atomic mass is 15.3. The van der Waals surface area contributed by atoms with E-state index in [1.54, 1.807) is 12.5 Å². The maximum Gasteiger partial charge on any atom is 0.115 e. The lowest BCUT2D eigenvalue weighted by Gasteiger charge is -2.37. The maximum atomic E-state index is 4.90. The first-order valence-electron chi connectivity index (χ1n) is 10.7. The van der Waals surface area contributed by atoms with Crippen LogP contribution in [-0.4, -0.2) is 73.7 Å². The van der Waals surface area contributed by atoms with E-state index < -0.39 is 0 Å². The molecule has 0 amide bonds. The summed E-state index contributed by atoms with van der Waals surface area (Å²) in [6, 6.07) is 5.02. The topological polar surface area (TPSA) is 53.3 Å². The normalized spacial score (nSPS) is 19.7. The monoisotopic (exact) mass is 383 g/mol. The highest BCUT2D eigenvalue weighted by Gasteiger charge is 2.26. The maximum absolute atomic E-state index is 4.90. The molecule has 0 bridgehead atoms. The highest BCUT2D eigenvalue weighted by Crippen LogP contribution is 2.22. The predicted octanol–water partition coefficient (Wildman–Crippen LogP) is 2.00. The molecule has 0 saturated carbocycles. The molecule has 0 aromatic carbocycles. The molecule has 4 heterocycles. The minimum atomic E-state index is 0.730. The van der Waals surface area contributed by atoms with Crippen LogP contribution in [0.1, 0.15) is 43.3 Å². The molecule has 0 atom stereocenters. The summed E-state index contributed by atoms with van der Waals surface area (Å²) in [4.78, 5) is 15.9. The third kappa shape index (κ3) is 4.77. The van der Waals surface area contributed by atoms with Gasteiger partial charge < -0.3 is 4.90 Å². The van der Waals surface area contributed by atoms with Gasteiger partial charge in [0.2, 0.25) is 0 Å². The van der Waals surface area contributed by atoms with E-state index in [2.05, 4.69) is 49.4 Å². The second-order valence-electron chi connectivity index (χ2n) is 8.21. The molecule has 0 aliphatic carbocycles. The zero-order chi connectivity index (χ0) is 19.3. The van der Waals surface area contributed by atoms with Crippen molar-refractivity contribution in [2.45, 2.75) is 58.4 Å². The van der Waals surface area contributed by atoms with Crippen LogP contribution in [0.25, 0.3) is 0 Å². The lowest BCUT2D eigenvalue weighted by molar-refractivity contribution is 0.106. The van der Waals surface area contributed by atoms with Crippen molar-refractivity contribution in [3.05, 3.63) is 41.7 Å². The minimum Gasteiger partial charge on any atom is -0.303 e. The zero-order valence-corrected chi connectivity index (χ0v) is 17.3. The Morgan fingerprint density at radius 2 is 1.93 bits per heavy atom. The Kier molecular flexibility index (Phi) is 6.34. The van der Waals surface area contributed by atoms with Crippen molar-refractivity contribution in [1.82, 2.24) is 34.4 Å². The zero-order valence-electron chi connectivity index (χ0n) is 17.3. The molecule has 2 aliphatic heterocycles. The molecule has 2 aliphatic rings. The van der Waals surface area contributed by atoms with Gasteiger partial charge in [0.1, 0.15) is 6.33 Å². The van der Waals surface area contributed by atoms with Crippen LogP contribution in [-0.2, 0) is 26.2 Å². The van der Waals surface area contributed by atoms with Crippen LogP contribution in [0.2, 0.25) is 0 Å². The van der Waals surface area contributed by atoms with Crippen LogP contribution in [0.15, 0.2) is 24.7 Å². The number of hydrogen-bond acceptors (Lipinski definition) is 6. The smallest absolute Gasteiger partial charge is 0.115 e. The van der Waals surface area contributed by atoms with Crippen molar-refractivity contribution < 1.29 is 0 Å². The number of likely N-dealkylation sites (tertiary alicyclic amines) is 1. The Labute approximate surface area is 168 Å². The van der Waals surface area contributed by atoms with Gasteiger partial charge in [0.05, 0.1) is 17.1 Å². The van der Waals surface area contributed by atoms with Gasteiger partial charge in [-0.05, 0) is 58.1 Å². The van der Waals surface area contributed by atoms with E-state index in [1.807, 2.05) is 6.07 Å². The third-order valence-corrected chi connectivity index (χ3v) is 6.12. The first-order chi connectivity index (χ1) is 13.7. The van der Waals surface area contributed by atoms with Crippen LogP contribution >= 0.6 is 0 Å². The third-order valence-electron chi connectivity index (χ3n) is 6.12. The number of piperidine rings is 1. The number of aromatic nitrogens is 4. The molecule has 2 aromatic rings. The first kappa shape index (κ1) is 19.5. The lowest BCUT2D eigenvalue weighted by Crippen LogP contribution is -2.44. The summed E-state index contributed by atoms with van der Waals surface area (Å²) in [6.07, 6.45) is 7.21. The van der Waals surface area contributed by atoms with Gasteiger partial charge in [-0.25, -0.2) is 9.97 Å². The molecule has 1 fully saturated rings. The molecule has 0 radical (unpaired) electrons. The molecule has 152 valence electrons. The SMILES string of the molecule is CCN1CCC(N2CCCn3nc(CN(C)Cc4ccncn4)cc3C2)CC1. The summed E-state index contributed by atoms with van der Waals surface area (Å²) in [6.45, 7) is 10.9. The Bertz CT molecular complexity index is 736. The molecule has 0 N–H and O–H groups in total. The number of nitrogens with zero attached hydrogens (tertiary/aromatic N) is 7. The van der Waals surface area contributed by atoms with E-state index in [0.717, 1.165) is 43.6 Å².